The van der Waals surface area contributed by atoms with Gasteiger partial charge >= 0.3 is 0 Å². The number of nitrogens with two attached hydrogens (primary N) is 1. The molecule has 4 heteroatoms. The van der Waals surface area contributed by atoms with Crippen LogP contribution in [0.5, 0.6) is 0 Å². The molecule has 3 N–H and O–H groups in total. The van der Waals surface area contributed by atoms with E-state index in [0.717, 1.165) is 23.8 Å². The Morgan fingerprint density at radius 3 is 2.00 bits per heavy atom. The molecule has 0 saturated carbocycles. The Morgan fingerprint density at radius 1 is 1.00 bits per heavy atom. The maximum absolute atomic E-state index is 5.99. The molecular weight excluding hydrogens is 248 g/mol. The predicted molar refractivity (Wildman–Crippen MR) is 86.9 cm³/mol. The predicted octanol–water partition coefficient (Wildman–Crippen LogP) is 3.83. The second-order valence-corrected chi connectivity index (χ2v) is 6.63. The fourth-order valence-electron chi connectivity index (χ4n) is 2.44. The number of nitrogens with one attached hydrogen (secondary N) is 1. The molecule has 0 aliphatic carbocycles. The van der Waals surface area contributed by atoms with Crippen LogP contribution >= 0.6 is 0 Å². The van der Waals surface area contributed by atoms with Crippen LogP contribution in [0.4, 0.5) is 11.6 Å². The Hall–Kier alpha value is -1.32. The van der Waals surface area contributed by atoms with Gasteiger partial charge < -0.3 is 11.1 Å². The van der Waals surface area contributed by atoms with E-state index in [9.17, 15) is 0 Å². The second kappa shape index (κ2) is 6.91. The smallest absolute Gasteiger partial charge is 0.135 e. The van der Waals surface area contributed by atoms with Gasteiger partial charge in [0.15, 0.2) is 0 Å². The lowest BCUT2D eigenvalue weighted by molar-refractivity contribution is 0.304. The molecule has 0 saturated heterocycles. The Bertz CT molecular complexity index is 430. The minimum atomic E-state index is 0.282. The lowest BCUT2D eigenvalue weighted by atomic mass is 9.85. The van der Waals surface area contributed by atoms with Crippen LogP contribution in [-0.2, 0) is 0 Å². The molecule has 0 unspecified atom stereocenters. The SMILES string of the molecule is Cc1c(N)nc(C(C)C)nc1NCC(C(C)C)C(C)C. The van der Waals surface area contributed by atoms with Gasteiger partial charge in [-0.25, -0.2) is 9.97 Å². The van der Waals surface area contributed by atoms with E-state index in [1.165, 1.54) is 0 Å². The van der Waals surface area contributed by atoms with Crippen molar-refractivity contribution in [2.45, 2.75) is 54.4 Å². The van der Waals surface area contributed by atoms with Gasteiger partial charge in [0, 0.05) is 18.0 Å². The van der Waals surface area contributed by atoms with Crippen molar-refractivity contribution in [2.24, 2.45) is 17.8 Å². The first-order valence-corrected chi connectivity index (χ1v) is 7.61. The van der Waals surface area contributed by atoms with Gasteiger partial charge in [-0.2, -0.15) is 0 Å². The Morgan fingerprint density at radius 2 is 1.55 bits per heavy atom. The molecule has 20 heavy (non-hydrogen) atoms. The van der Waals surface area contributed by atoms with Crippen molar-refractivity contribution >= 4 is 11.6 Å². The van der Waals surface area contributed by atoms with Crippen molar-refractivity contribution in [3.8, 4) is 0 Å². The molecule has 0 spiro atoms. The van der Waals surface area contributed by atoms with Gasteiger partial charge in [0.25, 0.3) is 0 Å². The first-order valence-electron chi connectivity index (χ1n) is 7.61. The average Bonchev–Trinajstić information content (AvgIpc) is 2.33. The zero-order valence-corrected chi connectivity index (χ0v) is 14.0. The highest BCUT2D eigenvalue weighted by atomic mass is 15.1. The molecule has 1 rings (SSSR count). The molecule has 0 amide bonds. The van der Waals surface area contributed by atoms with E-state index in [4.69, 9.17) is 5.73 Å². The Balaban J connectivity index is 2.91. The highest BCUT2D eigenvalue weighted by Gasteiger charge is 2.18. The van der Waals surface area contributed by atoms with Crippen molar-refractivity contribution < 1.29 is 0 Å². The molecule has 0 aliphatic rings. The van der Waals surface area contributed by atoms with Gasteiger partial charge in [0.05, 0.1) is 0 Å². The van der Waals surface area contributed by atoms with E-state index in [-0.39, 0.29) is 5.92 Å². The van der Waals surface area contributed by atoms with Crippen LogP contribution in [0.1, 0.15) is 58.8 Å². The van der Waals surface area contributed by atoms with E-state index in [1.54, 1.807) is 0 Å². The van der Waals surface area contributed by atoms with Crippen LogP contribution in [0.25, 0.3) is 0 Å². The molecule has 114 valence electrons. The van der Waals surface area contributed by atoms with Crippen LogP contribution in [-0.4, -0.2) is 16.5 Å². The maximum Gasteiger partial charge on any atom is 0.135 e. The summed E-state index contributed by atoms with van der Waals surface area (Å²) >= 11 is 0. The third-order valence-corrected chi connectivity index (χ3v) is 3.93. The monoisotopic (exact) mass is 278 g/mol. The number of rotatable bonds is 6. The molecule has 0 radical (unpaired) electrons. The minimum absolute atomic E-state index is 0.282. The normalized spacial score (nSPS) is 11.9. The summed E-state index contributed by atoms with van der Waals surface area (Å²) in [5.74, 6) is 4.46. The second-order valence-electron chi connectivity index (χ2n) is 6.63. The third-order valence-electron chi connectivity index (χ3n) is 3.93. The number of hydrogen-bond acceptors (Lipinski definition) is 4. The fraction of sp³-hybridized carbons (Fsp3) is 0.750. The van der Waals surface area contributed by atoms with Crippen molar-refractivity contribution in [1.29, 1.82) is 0 Å². The van der Waals surface area contributed by atoms with Crippen molar-refractivity contribution in [1.82, 2.24) is 9.97 Å². The summed E-state index contributed by atoms with van der Waals surface area (Å²) < 4.78 is 0. The summed E-state index contributed by atoms with van der Waals surface area (Å²) in [6, 6.07) is 0. The number of nitrogens with zero attached hydrogens (tertiary/aromatic N) is 2. The summed E-state index contributed by atoms with van der Waals surface area (Å²) in [5.41, 5.74) is 6.94. The molecule has 0 aromatic carbocycles. The van der Waals surface area contributed by atoms with Crippen molar-refractivity contribution in [2.75, 3.05) is 17.6 Å². The molecule has 4 nitrogen and oxygen atoms in total. The van der Waals surface area contributed by atoms with Gasteiger partial charge in [-0.05, 0) is 24.7 Å². The molecular formula is C16H30N4. The van der Waals surface area contributed by atoms with E-state index in [0.29, 0.717) is 23.6 Å². The summed E-state index contributed by atoms with van der Waals surface area (Å²) in [6.07, 6.45) is 0. The fourth-order valence-corrected chi connectivity index (χ4v) is 2.44. The first kappa shape index (κ1) is 16.7. The summed E-state index contributed by atoms with van der Waals surface area (Å²) in [6.45, 7) is 16.1. The van der Waals surface area contributed by atoms with E-state index in [1.807, 2.05) is 6.92 Å². The van der Waals surface area contributed by atoms with Crippen molar-refractivity contribution in [3.05, 3.63) is 11.4 Å². The topological polar surface area (TPSA) is 63.8 Å². The number of hydrogen-bond donors (Lipinski definition) is 2. The van der Waals surface area contributed by atoms with Gasteiger partial charge in [-0.1, -0.05) is 41.5 Å². The van der Waals surface area contributed by atoms with Crippen LogP contribution in [0.2, 0.25) is 0 Å². The van der Waals surface area contributed by atoms with E-state index < -0.39 is 0 Å². The van der Waals surface area contributed by atoms with Gasteiger partial charge in [-0.15, -0.1) is 0 Å². The lowest BCUT2D eigenvalue weighted by Crippen LogP contribution is -2.25. The number of nitrogen functional groups attached to an aromatic ring is 1. The zero-order valence-electron chi connectivity index (χ0n) is 14.0. The standard InChI is InChI=1S/C16H30N4/c1-9(2)13(10(3)4)8-18-16-12(7)14(17)19-15(20-16)11(5)6/h9-11,13H,8H2,1-7H3,(H3,17,18,19,20). The van der Waals surface area contributed by atoms with Crippen LogP contribution < -0.4 is 11.1 Å². The Labute approximate surface area is 123 Å². The largest absolute Gasteiger partial charge is 0.383 e. The third kappa shape index (κ3) is 4.09. The maximum atomic E-state index is 5.99. The van der Waals surface area contributed by atoms with Crippen LogP contribution in [0.15, 0.2) is 0 Å². The molecule has 0 fully saturated rings. The summed E-state index contributed by atoms with van der Waals surface area (Å²) in [4.78, 5) is 8.98. The van der Waals surface area contributed by atoms with E-state index >= 15 is 0 Å². The molecule has 1 aromatic rings. The van der Waals surface area contributed by atoms with E-state index in [2.05, 4.69) is 56.8 Å². The quantitative estimate of drug-likeness (QED) is 0.830. The highest BCUT2D eigenvalue weighted by molar-refractivity contribution is 5.55. The molecule has 0 aliphatic heterocycles. The number of aromatic nitrogens is 2. The van der Waals surface area contributed by atoms with Gasteiger partial charge in [0.1, 0.15) is 17.5 Å². The summed E-state index contributed by atoms with van der Waals surface area (Å²) in [5, 5.41) is 3.48. The Kier molecular flexibility index (Phi) is 5.78. The average molecular weight is 278 g/mol. The van der Waals surface area contributed by atoms with Crippen LogP contribution in [0, 0.1) is 24.7 Å². The highest BCUT2D eigenvalue weighted by Crippen LogP contribution is 2.24. The van der Waals surface area contributed by atoms with Gasteiger partial charge in [-0.3, -0.25) is 0 Å². The zero-order chi connectivity index (χ0) is 15.4. The molecule has 0 atom stereocenters. The minimum Gasteiger partial charge on any atom is -0.383 e. The lowest BCUT2D eigenvalue weighted by Gasteiger charge is -2.26. The molecule has 1 heterocycles. The van der Waals surface area contributed by atoms with Gasteiger partial charge in [0.2, 0.25) is 0 Å². The molecule has 1 aromatic heterocycles. The molecule has 0 bridgehead atoms. The van der Waals surface area contributed by atoms with Crippen LogP contribution in [0.3, 0.4) is 0 Å². The number of anilines is 2. The first-order chi connectivity index (χ1) is 9.23. The summed E-state index contributed by atoms with van der Waals surface area (Å²) in [7, 11) is 0. The van der Waals surface area contributed by atoms with Crippen molar-refractivity contribution in [3.63, 3.8) is 0 Å².